The molecule has 22 heavy (non-hydrogen) atoms. The number of benzene rings is 1. The second-order valence-corrected chi connectivity index (χ2v) is 5.97. The molecular formula is C16H19NO4S. The van der Waals surface area contributed by atoms with E-state index in [0.29, 0.717) is 6.42 Å². The lowest BCUT2D eigenvalue weighted by molar-refractivity contribution is -0.155. The highest BCUT2D eigenvalue weighted by atomic mass is 32.1. The van der Waals surface area contributed by atoms with Crippen molar-refractivity contribution in [2.45, 2.75) is 25.8 Å². The molecule has 0 saturated carbocycles. The predicted molar refractivity (Wildman–Crippen MR) is 84.5 cm³/mol. The number of rotatable bonds is 5. The van der Waals surface area contributed by atoms with E-state index < -0.39 is 35.7 Å². The Morgan fingerprint density at radius 1 is 1.36 bits per heavy atom. The quantitative estimate of drug-likeness (QED) is 0.808. The summed E-state index contributed by atoms with van der Waals surface area (Å²) in [6, 6.07) is 8.33. The molecule has 1 fully saturated rings. The maximum Gasteiger partial charge on any atom is 0.326 e. The van der Waals surface area contributed by atoms with Crippen LogP contribution in [0.2, 0.25) is 0 Å². The Bertz CT molecular complexity index is 575. The molecule has 1 aliphatic heterocycles. The first-order chi connectivity index (χ1) is 10.5. The Kier molecular flexibility index (Phi) is 5.24. The molecule has 1 heterocycles. The zero-order valence-electron chi connectivity index (χ0n) is 12.3. The van der Waals surface area contributed by atoms with Crippen LogP contribution in [0.5, 0.6) is 0 Å². The lowest BCUT2D eigenvalue weighted by Crippen LogP contribution is -2.46. The van der Waals surface area contributed by atoms with Gasteiger partial charge >= 0.3 is 5.97 Å². The van der Waals surface area contributed by atoms with Crippen molar-refractivity contribution in [2.24, 2.45) is 11.8 Å². The van der Waals surface area contributed by atoms with Crippen LogP contribution in [0.25, 0.3) is 0 Å². The highest BCUT2D eigenvalue weighted by Crippen LogP contribution is 2.29. The van der Waals surface area contributed by atoms with Gasteiger partial charge in [0.1, 0.15) is 6.04 Å². The number of carboxylic acids is 1. The third kappa shape index (κ3) is 3.32. The topological polar surface area (TPSA) is 74.7 Å². The van der Waals surface area contributed by atoms with Gasteiger partial charge in [-0.05, 0) is 18.4 Å². The smallest absolute Gasteiger partial charge is 0.326 e. The van der Waals surface area contributed by atoms with Crippen molar-refractivity contribution in [1.29, 1.82) is 0 Å². The summed E-state index contributed by atoms with van der Waals surface area (Å²) in [5.74, 6) is -2.66. The van der Waals surface area contributed by atoms with Gasteiger partial charge in [0.15, 0.2) is 0 Å². The summed E-state index contributed by atoms with van der Waals surface area (Å²) < 4.78 is 0. The number of amides is 2. The third-order valence-corrected chi connectivity index (χ3v) is 4.50. The number of carboxylic acid groups (broad SMARTS) is 1. The lowest BCUT2D eigenvalue weighted by atomic mass is 9.96. The van der Waals surface area contributed by atoms with E-state index in [0.717, 1.165) is 10.5 Å². The maximum atomic E-state index is 12.5. The van der Waals surface area contributed by atoms with Gasteiger partial charge in [-0.1, -0.05) is 37.3 Å². The molecule has 5 nitrogen and oxygen atoms in total. The van der Waals surface area contributed by atoms with Crippen molar-refractivity contribution in [3.8, 4) is 0 Å². The number of carbonyl (C=O) groups excluding carboxylic acids is 2. The fourth-order valence-corrected chi connectivity index (χ4v) is 2.84. The van der Waals surface area contributed by atoms with Crippen LogP contribution in [-0.2, 0) is 20.8 Å². The van der Waals surface area contributed by atoms with Crippen molar-refractivity contribution in [3.63, 3.8) is 0 Å². The fraction of sp³-hybridized carbons (Fsp3) is 0.438. The standard InChI is InChI=1S/C16H19NO4S/c1-10(9-22)14(18)17-13(16(20)21)8-12(15(17)19)7-11-5-3-2-4-6-11/h2-6,10,12-13,22H,7-9H2,1H3,(H,20,21)/t10-,12+,13+/m1/s1. The van der Waals surface area contributed by atoms with Crippen LogP contribution in [0, 0.1) is 11.8 Å². The highest BCUT2D eigenvalue weighted by Gasteiger charge is 2.47. The second kappa shape index (κ2) is 6.96. The molecule has 1 aliphatic rings. The van der Waals surface area contributed by atoms with Crippen LogP contribution < -0.4 is 0 Å². The van der Waals surface area contributed by atoms with E-state index in [4.69, 9.17) is 0 Å². The number of carbonyl (C=O) groups is 3. The zero-order valence-corrected chi connectivity index (χ0v) is 13.2. The van der Waals surface area contributed by atoms with Crippen molar-refractivity contribution < 1.29 is 19.5 Å². The van der Waals surface area contributed by atoms with Crippen molar-refractivity contribution in [3.05, 3.63) is 35.9 Å². The van der Waals surface area contributed by atoms with Crippen LogP contribution in [0.4, 0.5) is 0 Å². The van der Waals surface area contributed by atoms with Crippen LogP contribution >= 0.6 is 12.6 Å². The van der Waals surface area contributed by atoms with Gasteiger partial charge in [-0.25, -0.2) is 4.79 Å². The number of hydrogen-bond donors (Lipinski definition) is 2. The first-order valence-corrected chi connectivity index (χ1v) is 7.83. The molecule has 2 amide bonds. The van der Waals surface area contributed by atoms with E-state index in [1.807, 2.05) is 30.3 Å². The van der Waals surface area contributed by atoms with Gasteiger partial charge in [0.2, 0.25) is 11.8 Å². The summed E-state index contributed by atoms with van der Waals surface area (Å²) in [4.78, 5) is 37.1. The maximum absolute atomic E-state index is 12.5. The number of nitrogens with zero attached hydrogens (tertiary/aromatic N) is 1. The molecule has 1 aromatic rings. The average Bonchev–Trinajstić information content (AvgIpc) is 2.84. The monoisotopic (exact) mass is 321 g/mol. The van der Waals surface area contributed by atoms with Crippen molar-refractivity contribution >= 4 is 30.4 Å². The molecular weight excluding hydrogens is 302 g/mol. The van der Waals surface area contributed by atoms with Gasteiger partial charge in [-0.3, -0.25) is 14.5 Å². The van der Waals surface area contributed by atoms with Crippen LogP contribution in [0.15, 0.2) is 30.3 Å². The minimum Gasteiger partial charge on any atom is -0.480 e. The van der Waals surface area contributed by atoms with Crippen molar-refractivity contribution in [2.75, 3.05) is 5.75 Å². The second-order valence-electron chi connectivity index (χ2n) is 5.61. The molecule has 0 aromatic heterocycles. The summed E-state index contributed by atoms with van der Waals surface area (Å²) in [5.41, 5.74) is 0.960. The zero-order chi connectivity index (χ0) is 16.3. The molecule has 6 heteroatoms. The summed E-state index contributed by atoms with van der Waals surface area (Å²) in [5, 5.41) is 9.32. The van der Waals surface area contributed by atoms with Gasteiger partial charge in [0.05, 0.1) is 0 Å². The van der Waals surface area contributed by atoms with Crippen LogP contribution in [-0.4, -0.2) is 39.6 Å². The van der Waals surface area contributed by atoms with E-state index in [1.165, 1.54) is 0 Å². The predicted octanol–water partition coefficient (Wildman–Crippen LogP) is 1.62. The minimum atomic E-state index is -1.14. The molecule has 0 radical (unpaired) electrons. The van der Waals surface area contributed by atoms with E-state index in [9.17, 15) is 19.5 Å². The van der Waals surface area contributed by atoms with E-state index >= 15 is 0 Å². The number of aliphatic carboxylic acids is 1. The first kappa shape index (κ1) is 16.5. The molecule has 2 rings (SSSR count). The molecule has 0 unspecified atom stereocenters. The first-order valence-electron chi connectivity index (χ1n) is 7.20. The van der Waals surface area contributed by atoms with Gasteiger partial charge < -0.3 is 5.11 Å². The summed E-state index contributed by atoms with van der Waals surface area (Å²) in [6.07, 6.45) is 0.608. The van der Waals surface area contributed by atoms with Crippen LogP contribution in [0.3, 0.4) is 0 Å². The lowest BCUT2D eigenvalue weighted by Gasteiger charge is -2.22. The Morgan fingerprint density at radius 2 is 2.00 bits per heavy atom. The number of hydrogen-bond acceptors (Lipinski definition) is 4. The Labute approximate surface area is 134 Å². The fourth-order valence-electron chi connectivity index (χ4n) is 2.68. The van der Waals surface area contributed by atoms with E-state index in [2.05, 4.69) is 12.6 Å². The molecule has 1 N–H and O–H groups in total. The summed E-state index contributed by atoms with van der Waals surface area (Å²) in [6.45, 7) is 1.64. The molecule has 118 valence electrons. The van der Waals surface area contributed by atoms with Gasteiger partial charge in [-0.2, -0.15) is 12.6 Å². The summed E-state index contributed by atoms with van der Waals surface area (Å²) >= 11 is 4.05. The Balaban J connectivity index is 2.21. The SMILES string of the molecule is C[C@H](CS)C(=O)N1C(=O)[C@@H](Cc2ccccc2)C[C@H]1C(=O)O. The largest absolute Gasteiger partial charge is 0.480 e. The Morgan fingerprint density at radius 3 is 2.55 bits per heavy atom. The number of thiol groups is 1. The minimum absolute atomic E-state index is 0.161. The van der Waals surface area contributed by atoms with E-state index in [-0.39, 0.29) is 12.2 Å². The normalized spacial score (nSPS) is 22.6. The van der Waals surface area contributed by atoms with Gasteiger partial charge in [-0.15, -0.1) is 0 Å². The highest BCUT2D eigenvalue weighted by molar-refractivity contribution is 7.80. The number of likely N-dealkylation sites (tertiary alicyclic amines) is 1. The molecule has 0 bridgehead atoms. The molecule has 1 aromatic carbocycles. The molecule has 0 aliphatic carbocycles. The molecule has 1 saturated heterocycles. The van der Waals surface area contributed by atoms with Gasteiger partial charge in [0.25, 0.3) is 0 Å². The molecule has 0 spiro atoms. The summed E-state index contributed by atoms with van der Waals surface area (Å²) in [7, 11) is 0. The average molecular weight is 321 g/mol. The van der Waals surface area contributed by atoms with E-state index in [1.54, 1.807) is 6.92 Å². The third-order valence-electron chi connectivity index (χ3n) is 3.95. The van der Waals surface area contributed by atoms with Crippen LogP contribution in [0.1, 0.15) is 18.9 Å². The number of imide groups is 1. The molecule has 3 atom stereocenters. The Hall–Kier alpha value is -1.82. The van der Waals surface area contributed by atoms with Crippen molar-refractivity contribution in [1.82, 2.24) is 4.90 Å². The van der Waals surface area contributed by atoms with Gasteiger partial charge in [0, 0.05) is 17.6 Å².